The van der Waals surface area contributed by atoms with Gasteiger partial charge in [-0.05, 0) is 47.5 Å². The van der Waals surface area contributed by atoms with Gasteiger partial charge in [0.15, 0.2) is 11.5 Å². The maximum atomic E-state index is 4.60. The lowest BCUT2D eigenvalue weighted by Gasteiger charge is -2.01. The summed E-state index contributed by atoms with van der Waals surface area (Å²) in [5.74, 6) is 0.710. The van der Waals surface area contributed by atoms with E-state index in [1.165, 1.54) is 0 Å². The van der Waals surface area contributed by atoms with Gasteiger partial charge in [0.05, 0.1) is 5.52 Å². The summed E-state index contributed by atoms with van der Waals surface area (Å²) in [5.41, 5.74) is 5.57. The fourth-order valence-corrected chi connectivity index (χ4v) is 2.87. The molecule has 114 valence electrons. The van der Waals surface area contributed by atoms with Gasteiger partial charge in [-0.2, -0.15) is 5.10 Å². The molecule has 0 aliphatic rings. The van der Waals surface area contributed by atoms with Crippen molar-refractivity contribution in [1.82, 2.24) is 30.1 Å². The summed E-state index contributed by atoms with van der Waals surface area (Å²) >= 11 is 0. The molecule has 1 aromatic carbocycles. The van der Waals surface area contributed by atoms with Crippen molar-refractivity contribution in [1.29, 1.82) is 0 Å². The Balaban J connectivity index is 1.71. The van der Waals surface area contributed by atoms with Gasteiger partial charge < -0.3 is 4.98 Å². The van der Waals surface area contributed by atoms with E-state index in [1.54, 1.807) is 18.6 Å². The van der Waals surface area contributed by atoms with Crippen molar-refractivity contribution in [2.24, 2.45) is 0 Å². The zero-order chi connectivity index (χ0) is 15.9. The first-order valence-electron chi connectivity index (χ1n) is 7.58. The Labute approximate surface area is 136 Å². The fraction of sp³-hybridized carbons (Fsp3) is 0. The van der Waals surface area contributed by atoms with E-state index < -0.39 is 0 Å². The molecule has 0 unspecified atom stereocenters. The molecular weight excluding hydrogens is 300 g/mol. The first-order chi connectivity index (χ1) is 11.9. The van der Waals surface area contributed by atoms with Crippen LogP contribution >= 0.6 is 0 Å². The number of pyridine rings is 2. The molecule has 0 spiro atoms. The molecule has 0 amide bonds. The molecule has 5 rings (SSSR count). The van der Waals surface area contributed by atoms with E-state index in [0.29, 0.717) is 5.82 Å². The highest BCUT2D eigenvalue weighted by molar-refractivity contribution is 5.95. The van der Waals surface area contributed by atoms with E-state index in [9.17, 15) is 0 Å². The average Bonchev–Trinajstić information content (AvgIpc) is 3.25. The largest absolute Gasteiger partial charge is 0.321 e. The SMILES string of the molecule is c1cnc2[nH]c(-c3n[nH]c4ccc(-c5ccncc5)cc34)nc2c1. The molecule has 0 saturated heterocycles. The predicted molar refractivity (Wildman–Crippen MR) is 92.2 cm³/mol. The van der Waals surface area contributed by atoms with Gasteiger partial charge in [0.25, 0.3) is 0 Å². The summed E-state index contributed by atoms with van der Waals surface area (Å²) in [6, 6.07) is 14.0. The van der Waals surface area contributed by atoms with Crippen molar-refractivity contribution in [3.05, 3.63) is 61.1 Å². The van der Waals surface area contributed by atoms with E-state index in [4.69, 9.17) is 0 Å². The van der Waals surface area contributed by atoms with Crippen LogP contribution < -0.4 is 0 Å². The smallest absolute Gasteiger partial charge is 0.160 e. The first-order valence-corrected chi connectivity index (χ1v) is 7.58. The zero-order valence-corrected chi connectivity index (χ0v) is 12.6. The summed E-state index contributed by atoms with van der Waals surface area (Å²) < 4.78 is 0. The molecule has 4 aromatic heterocycles. The van der Waals surface area contributed by atoms with Crippen molar-refractivity contribution < 1.29 is 0 Å². The van der Waals surface area contributed by atoms with Crippen LogP contribution in [0.3, 0.4) is 0 Å². The number of benzene rings is 1. The molecule has 2 N–H and O–H groups in total. The second-order valence-corrected chi connectivity index (χ2v) is 5.53. The van der Waals surface area contributed by atoms with Crippen LogP contribution in [0.1, 0.15) is 0 Å². The summed E-state index contributed by atoms with van der Waals surface area (Å²) in [6.45, 7) is 0. The molecule has 4 heterocycles. The van der Waals surface area contributed by atoms with Crippen molar-refractivity contribution in [2.45, 2.75) is 0 Å². The minimum atomic E-state index is 0.710. The second kappa shape index (κ2) is 4.99. The van der Waals surface area contributed by atoms with Crippen molar-refractivity contribution in [3.63, 3.8) is 0 Å². The van der Waals surface area contributed by atoms with E-state index in [2.05, 4.69) is 42.3 Å². The summed E-state index contributed by atoms with van der Waals surface area (Å²) in [7, 11) is 0. The van der Waals surface area contributed by atoms with Gasteiger partial charge in [0, 0.05) is 24.0 Å². The minimum Gasteiger partial charge on any atom is -0.321 e. The number of hydrogen-bond donors (Lipinski definition) is 2. The molecule has 6 heteroatoms. The molecule has 0 aliphatic heterocycles. The van der Waals surface area contributed by atoms with Gasteiger partial charge >= 0.3 is 0 Å². The van der Waals surface area contributed by atoms with Gasteiger partial charge in [0.1, 0.15) is 11.2 Å². The number of aromatic nitrogens is 6. The van der Waals surface area contributed by atoms with Crippen LogP contribution in [-0.4, -0.2) is 30.1 Å². The number of imidazole rings is 1. The Morgan fingerprint density at radius 3 is 2.67 bits per heavy atom. The number of rotatable bonds is 2. The molecule has 0 aliphatic carbocycles. The highest BCUT2D eigenvalue weighted by atomic mass is 15.1. The Morgan fingerprint density at radius 2 is 1.79 bits per heavy atom. The van der Waals surface area contributed by atoms with Crippen molar-refractivity contribution in [3.8, 4) is 22.6 Å². The molecule has 0 saturated carbocycles. The maximum Gasteiger partial charge on any atom is 0.160 e. The van der Waals surface area contributed by atoms with Crippen LogP contribution in [0.15, 0.2) is 61.1 Å². The lowest BCUT2D eigenvalue weighted by atomic mass is 10.0. The van der Waals surface area contributed by atoms with E-state index >= 15 is 0 Å². The summed E-state index contributed by atoms with van der Waals surface area (Å²) in [6.07, 6.45) is 5.33. The minimum absolute atomic E-state index is 0.710. The molecule has 6 nitrogen and oxygen atoms in total. The molecule has 0 atom stereocenters. The van der Waals surface area contributed by atoms with Gasteiger partial charge in [0.2, 0.25) is 0 Å². The number of hydrogen-bond acceptors (Lipinski definition) is 4. The van der Waals surface area contributed by atoms with Crippen LogP contribution in [0.2, 0.25) is 0 Å². The average molecular weight is 312 g/mol. The number of H-pyrrole nitrogens is 2. The van der Waals surface area contributed by atoms with Crippen LogP contribution in [0, 0.1) is 0 Å². The third-order valence-electron chi connectivity index (χ3n) is 4.06. The Kier molecular flexibility index (Phi) is 2.69. The fourth-order valence-electron chi connectivity index (χ4n) is 2.87. The Bertz CT molecular complexity index is 1120. The second-order valence-electron chi connectivity index (χ2n) is 5.53. The number of nitrogens with zero attached hydrogens (tertiary/aromatic N) is 4. The van der Waals surface area contributed by atoms with E-state index in [0.717, 1.165) is 38.9 Å². The highest BCUT2D eigenvalue weighted by Gasteiger charge is 2.13. The Hall–Kier alpha value is -3.54. The Morgan fingerprint density at radius 1 is 0.875 bits per heavy atom. The molecule has 5 aromatic rings. The lowest BCUT2D eigenvalue weighted by Crippen LogP contribution is -1.82. The van der Waals surface area contributed by atoms with Crippen LogP contribution in [0.25, 0.3) is 44.7 Å². The highest BCUT2D eigenvalue weighted by Crippen LogP contribution is 2.29. The van der Waals surface area contributed by atoms with Gasteiger partial charge in [-0.3, -0.25) is 10.1 Å². The van der Waals surface area contributed by atoms with Crippen LogP contribution in [0.4, 0.5) is 0 Å². The van der Waals surface area contributed by atoms with Gasteiger partial charge in [-0.15, -0.1) is 0 Å². The topological polar surface area (TPSA) is 83.1 Å². The van der Waals surface area contributed by atoms with Gasteiger partial charge in [-0.25, -0.2) is 9.97 Å². The quantitative estimate of drug-likeness (QED) is 0.522. The predicted octanol–water partition coefficient (Wildman–Crippen LogP) is 3.56. The third-order valence-corrected chi connectivity index (χ3v) is 4.06. The van der Waals surface area contributed by atoms with Crippen molar-refractivity contribution in [2.75, 3.05) is 0 Å². The monoisotopic (exact) mass is 312 g/mol. The van der Waals surface area contributed by atoms with Crippen LogP contribution in [-0.2, 0) is 0 Å². The third kappa shape index (κ3) is 1.97. The molecular formula is C18H12N6. The first kappa shape index (κ1) is 13.0. The van der Waals surface area contributed by atoms with E-state index in [-0.39, 0.29) is 0 Å². The summed E-state index contributed by atoms with van der Waals surface area (Å²) in [5, 5.41) is 8.52. The standard InChI is InChI=1S/C18H12N6/c1-2-15-17(20-7-1)22-18(21-15)16-13-10-12(3-4-14(13)23-24-16)11-5-8-19-9-6-11/h1-10H,(H,23,24)(H,20,21,22). The van der Waals surface area contributed by atoms with Gasteiger partial charge in [-0.1, -0.05) is 6.07 Å². The molecule has 24 heavy (non-hydrogen) atoms. The normalized spacial score (nSPS) is 11.3. The number of aromatic amines is 2. The van der Waals surface area contributed by atoms with E-state index in [1.807, 2.05) is 30.3 Å². The number of nitrogens with one attached hydrogen (secondary N) is 2. The molecule has 0 bridgehead atoms. The molecule has 0 radical (unpaired) electrons. The number of fused-ring (bicyclic) bond motifs is 2. The van der Waals surface area contributed by atoms with Crippen LogP contribution in [0.5, 0.6) is 0 Å². The molecule has 0 fully saturated rings. The summed E-state index contributed by atoms with van der Waals surface area (Å²) in [4.78, 5) is 16.2. The maximum absolute atomic E-state index is 4.60. The lowest BCUT2D eigenvalue weighted by molar-refractivity contribution is 1.10. The van der Waals surface area contributed by atoms with Crippen molar-refractivity contribution >= 4 is 22.1 Å². The zero-order valence-electron chi connectivity index (χ0n) is 12.6.